The number of carbonyl (C=O) groups excluding carboxylic acids is 2. The maximum absolute atomic E-state index is 12.2. The highest BCUT2D eigenvalue weighted by molar-refractivity contribution is 5.93. The van der Waals surface area contributed by atoms with E-state index in [0.717, 1.165) is 77.0 Å². The molecule has 8 aliphatic rings. The topological polar surface area (TPSA) is 122 Å². The molecule has 66 heavy (non-hydrogen) atoms. The first-order valence-electron chi connectivity index (χ1n) is 25.7. The maximum Gasteiger partial charge on any atom is 0.156 e. The third kappa shape index (κ3) is 8.01. The van der Waals surface area contributed by atoms with Gasteiger partial charge in [-0.1, -0.05) is 49.3 Å². The number of allylic oxidation sites excluding steroid dienone is 8. The average molecular weight is 899 g/mol. The minimum absolute atomic E-state index is 0.138. The van der Waals surface area contributed by atoms with E-state index in [1.807, 2.05) is 12.2 Å². The predicted molar refractivity (Wildman–Crippen MR) is 265 cm³/mol. The lowest BCUT2D eigenvalue weighted by molar-refractivity contribution is -0.115. The van der Waals surface area contributed by atoms with Gasteiger partial charge in [0.15, 0.2) is 11.6 Å². The summed E-state index contributed by atoms with van der Waals surface area (Å²) in [7, 11) is 8.27. The van der Waals surface area contributed by atoms with Gasteiger partial charge in [0.25, 0.3) is 0 Å². The Bertz CT molecular complexity index is 2140. The van der Waals surface area contributed by atoms with E-state index in [-0.39, 0.29) is 47.4 Å². The molecule has 2 aromatic rings. The van der Waals surface area contributed by atoms with Crippen molar-refractivity contribution < 1.29 is 30.0 Å². The zero-order valence-corrected chi connectivity index (χ0v) is 40.9. The zero-order chi connectivity index (χ0) is 46.8. The Morgan fingerprint density at radius 1 is 0.545 bits per heavy atom. The summed E-state index contributed by atoms with van der Waals surface area (Å²) in [5, 5.41) is 42.9. The van der Waals surface area contributed by atoms with Gasteiger partial charge in [-0.3, -0.25) is 9.59 Å². The summed E-state index contributed by atoms with van der Waals surface area (Å²) in [6, 6.07) is 18.0. The van der Waals surface area contributed by atoms with Crippen molar-refractivity contribution in [3.05, 3.63) is 105 Å². The molecule has 0 aromatic heterocycles. The second-order valence-corrected chi connectivity index (χ2v) is 22.8. The number of aliphatic hydroxyl groups excluding tert-OH is 2. The summed E-state index contributed by atoms with van der Waals surface area (Å²) in [5.41, 5.74) is 12.0. The second kappa shape index (κ2) is 18.3. The number of rotatable bonds is 10. The van der Waals surface area contributed by atoms with Gasteiger partial charge in [0.1, 0.15) is 0 Å². The van der Waals surface area contributed by atoms with Gasteiger partial charge >= 0.3 is 0 Å². The number of hydrogen-bond donors (Lipinski definition) is 4. The highest BCUT2D eigenvalue weighted by Crippen LogP contribution is 2.69. The van der Waals surface area contributed by atoms with Gasteiger partial charge in [0, 0.05) is 88.3 Å². The van der Waals surface area contributed by atoms with Crippen LogP contribution in [-0.2, 0) is 9.59 Å². The molecule has 4 fully saturated rings. The number of hydrogen-bond acceptors (Lipinski definition) is 8. The van der Waals surface area contributed by atoms with Crippen LogP contribution in [0.4, 0.5) is 11.4 Å². The molecule has 10 atom stereocenters. The van der Waals surface area contributed by atoms with Crippen molar-refractivity contribution >= 4 is 22.9 Å². The molecule has 0 unspecified atom stereocenters. The summed E-state index contributed by atoms with van der Waals surface area (Å²) in [5.74, 6) is 3.01. The predicted octanol–water partition coefficient (Wildman–Crippen LogP) is 10.3. The van der Waals surface area contributed by atoms with E-state index in [4.69, 9.17) is 0 Å². The highest BCUT2D eigenvalue weighted by atomic mass is 16.3. The van der Waals surface area contributed by atoms with Gasteiger partial charge in [-0.15, -0.1) is 0 Å². The fraction of sp³-hybridized carbons (Fsp3) is 0.621. The van der Waals surface area contributed by atoms with Gasteiger partial charge in [-0.2, -0.15) is 0 Å². The molecule has 0 spiro atoms. The quantitative estimate of drug-likeness (QED) is 0.186. The number of ketones is 2. The molecule has 0 heterocycles. The minimum Gasteiger partial charge on any atom is -0.396 e. The lowest BCUT2D eigenvalue weighted by Crippen LogP contribution is -2.51. The minimum atomic E-state index is -0.711. The van der Waals surface area contributed by atoms with Crippen LogP contribution in [-0.4, -0.2) is 84.6 Å². The fourth-order valence-electron chi connectivity index (χ4n) is 15.7. The third-order valence-corrected chi connectivity index (χ3v) is 19.2. The highest BCUT2D eigenvalue weighted by Gasteiger charge is 2.64. The molecule has 0 bridgehead atoms. The van der Waals surface area contributed by atoms with E-state index >= 15 is 0 Å². The summed E-state index contributed by atoms with van der Waals surface area (Å²) in [6.07, 6.45) is 19.4. The van der Waals surface area contributed by atoms with Crippen LogP contribution in [0.1, 0.15) is 152 Å². The van der Waals surface area contributed by atoms with E-state index in [1.165, 1.54) is 44.8 Å². The summed E-state index contributed by atoms with van der Waals surface area (Å²) >= 11 is 0. The molecule has 8 aliphatic carbocycles. The molecule has 10 rings (SSSR count). The van der Waals surface area contributed by atoms with Crippen molar-refractivity contribution in [2.45, 2.75) is 152 Å². The maximum atomic E-state index is 12.2. The number of nitrogens with zero attached hydrogens (tertiary/aromatic N) is 2. The number of aliphatic hydroxyl groups is 4. The fourth-order valence-corrected chi connectivity index (χ4v) is 15.7. The standard InChI is InChI=1S/2C29H39NO3/c2*1-28-18-25(19-5-8-21(9-6-19)30(2)3)27-23-12-10-22(32)17-20(23)7-11-24(27)26(28)13-15-29(28,33)14-4-16-31/h2*5-6,8-9,17,24-26,31,33H,4,7,10-16,18H2,1-3H3/t2*24-,25+,26-,28+,29+/m00/s1. The molecule has 2 aromatic carbocycles. The monoisotopic (exact) mass is 899 g/mol. The first-order chi connectivity index (χ1) is 31.5. The molecular formula is C58H78N2O6. The third-order valence-electron chi connectivity index (χ3n) is 19.2. The Balaban J connectivity index is 0.000000166. The van der Waals surface area contributed by atoms with Crippen molar-refractivity contribution in [1.82, 2.24) is 0 Å². The lowest BCUT2D eigenvalue weighted by atomic mass is 9.51. The van der Waals surface area contributed by atoms with E-state index in [2.05, 4.69) is 100 Å². The normalized spacial score (nSPS) is 35.6. The van der Waals surface area contributed by atoms with Crippen LogP contribution in [0.15, 0.2) is 94.1 Å². The van der Waals surface area contributed by atoms with Crippen molar-refractivity contribution in [1.29, 1.82) is 0 Å². The molecular weight excluding hydrogens is 821 g/mol. The molecule has 4 N–H and O–H groups in total. The van der Waals surface area contributed by atoms with E-state index in [1.54, 1.807) is 11.1 Å². The molecule has 356 valence electrons. The van der Waals surface area contributed by atoms with Gasteiger partial charge in [0.05, 0.1) is 11.2 Å². The van der Waals surface area contributed by atoms with Crippen LogP contribution < -0.4 is 9.80 Å². The molecule has 8 heteroatoms. The molecule has 0 radical (unpaired) electrons. The van der Waals surface area contributed by atoms with Crippen molar-refractivity contribution in [3.63, 3.8) is 0 Å². The molecule has 0 amide bonds. The molecule has 4 saturated carbocycles. The van der Waals surface area contributed by atoms with E-state index in [9.17, 15) is 30.0 Å². The van der Waals surface area contributed by atoms with Crippen LogP contribution in [0, 0.1) is 34.5 Å². The zero-order valence-electron chi connectivity index (χ0n) is 40.9. The van der Waals surface area contributed by atoms with Crippen molar-refractivity contribution in [2.24, 2.45) is 34.5 Å². The SMILES string of the molecule is CN(C)c1ccc([C@H]2C[C@]3(C)[C@@H](CC[C@]3(O)CCCO)[C@@H]3CCC4=CC(=O)CCC4=C32)cc1.CN(C)c1ccc([C@H]2C[C@]3(C)[C@@H](CC[C@]3(O)CCCO)[C@@H]3CCC4=CC(=O)CCC4=C32)cc1. The van der Waals surface area contributed by atoms with Crippen LogP contribution in [0.25, 0.3) is 0 Å². The van der Waals surface area contributed by atoms with Gasteiger partial charge < -0.3 is 30.2 Å². The first kappa shape index (κ1) is 47.3. The number of benzene rings is 2. The number of anilines is 2. The summed E-state index contributed by atoms with van der Waals surface area (Å²) < 4.78 is 0. The Morgan fingerprint density at radius 2 is 0.924 bits per heavy atom. The van der Waals surface area contributed by atoms with Crippen molar-refractivity contribution in [2.75, 3.05) is 51.2 Å². The molecule has 0 saturated heterocycles. The number of fused-ring (bicyclic) bond motifs is 8. The van der Waals surface area contributed by atoms with E-state index < -0.39 is 11.2 Å². The van der Waals surface area contributed by atoms with Crippen molar-refractivity contribution in [3.8, 4) is 0 Å². The smallest absolute Gasteiger partial charge is 0.156 e. The average Bonchev–Trinajstić information content (AvgIpc) is 3.74. The van der Waals surface area contributed by atoms with Gasteiger partial charge in [0.2, 0.25) is 0 Å². The Labute approximate surface area is 394 Å². The van der Waals surface area contributed by atoms with Crippen LogP contribution >= 0.6 is 0 Å². The largest absolute Gasteiger partial charge is 0.396 e. The Hall–Kier alpha value is -3.82. The Morgan fingerprint density at radius 3 is 1.27 bits per heavy atom. The first-order valence-corrected chi connectivity index (χ1v) is 25.7. The number of carbonyl (C=O) groups is 2. The van der Waals surface area contributed by atoms with Crippen LogP contribution in [0.2, 0.25) is 0 Å². The van der Waals surface area contributed by atoms with Gasteiger partial charge in [-0.05, 0) is 196 Å². The molecule has 0 aliphatic heterocycles. The summed E-state index contributed by atoms with van der Waals surface area (Å²) in [4.78, 5) is 28.6. The molecule has 8 nitrogen and oxygen atoms in total. The van der Waals surface area contributed by atoms with Gasteiger partial charge in [-0.25, -0.2) is 0 Å². The van der Waals surface area contributed by atoms with E-state index in [0.29, 0.717) is 62.2 Å². The Kier molecular flexibility index (Phi) is 13.1. The second-order valence-electron chi connectivity index (χ2n) is 22.8. The lowest BCUT2D eigenvalue weighted by Gasteiger charge is -2.55. The summed E-state index contributed by atoms with van der Waals surface area (Å²) in [6.45, 7) is 4.94. The van der Waals surface area contributed by atoms with Crippen LogP contribution in [0.3, 0.4) is 0 Å². The van der Waals surface area contributed by atoms with Crippen LogP contribution in [0.5, 0.6) is 0 Å².